The first-order chi connectivity index (χ1) is 8.76. The molecule has 1 rings (SSSR count). The number of amides is 4. The van der Waals surface area contributed by atoms with Gasteiger partial charge in [0.15, 0.2) is 0 Å². The second-order valence-electron chi connectivity index (χ2n) is 5.75. The number of hydrogen-bond acceptors (Lipinski definition) is 3. The fourth-order valence-electron chi connectivity index (χ4n) is 2.82. The molecule has 0 bridgehead atoms. The van der Waals surface area contributed by atoms with Crippen LogP contribution in [0.15, 0.2) is 0 Å². The molecule has 108 valence electrons. The van der Waals surface area contributed by atoms with Crippen LogP contribution in [0.25, 0.3) is 0 Å². The first-order valence-corrected chi connectivity index (χ1v) is 6.97. The van der Waals surface area contributed by atoms with Gasteiger partial charge in [0.1, 0.15) is 5.41 Å². The number of nitrogens with one attached hydrogen (secondary N) is 1. The molecule has 0 aromatic heterocycles. The van der Waals surface area contributed by atoms with Crippen LogP contribution in [0.5, 0.6) is 0 Å². The van der Waals surface area contributed by atoms with Crippen LogP contribution in [0.2, 0.25) is 0 Å². The summed E-state index contributed by atoms with van der Waals surface area (Å²) in [6.07, 6.45) is 2.38. The molecule has 1 fully saturated rings. The zero-order valence-corrected chi connectivity index (χ0v) is 12.5. The van der Waals surface area contributed by atoms with Crippen LogP contribution < -0.4 is 5.32 Å². The molecule has 0 atom stereocenters. The molecular weight excluding hydrogens is 244 g/mol. The van der Waals surface area contributed by atoms with Gasteiger partial charge in [-0.05, 0) is 33.1 Å². The van der Waals surface area contributed by atoms with Crippen LogP contribution in [0.3, 0.4) is 0 Å². The van der Waals surface area contributed by atoms with Crippen molar-refractivity contribution in [2.24, 2.45) is 5.41 Å². The van der Waals surface area contributed by atoms with Crippen LogP contribution in [-0.4, -0.2) is 28.3 Å². The SMILES string of the molecule is CCCC(C)(C)N1C(=O)NC(=O)C(CC)(CC)C1=O. The molecule has 1 aliphatic heterocycles. The average molecular weight is 268 g/mol. The molecule has 1 heterocycles. The Kier molecular flexibility index (Phi) is 4.38. The summed E-state index contributed by atoms with van der Waals surface area (Å²) in [5, 5.41) is 2.34. The van der Waals surface area contributed by atoms with E-state index in [1.165, 1.54) is 4.90 Å². The smallest absolute Gasteiger partial charge is 0.277 e. The molecule has 19 heavy (non-hydrogen) atoms. The lowest BCUT2D eigenvalue weighted by Crippen LogP contribution is -2.68. The Morgan fingerprint density at radius 2 is 1.63 bits per heavy atom. The van der Waals surface area contributed by atoms with Crippen LogP contribution in [0.4, 0.5) is 4.79 Å². The van der Waals surface area contributed by atoms with Crippen molar-refractivity contribution < 1.29 is 14.4 Å². The Morgan fingerprint density at radius 3 is 2.05 bits per heavy atom. The van der Waals surface area contributed by atoms with Gasteiger partial charge in [-0.2, -0.15) is 0 Å². The summed E-state index contributed by atoms with van der Waals surface area (Å²) in [5.41, 5.74) is -1.68. The Morgan fingerprint density at radius 1 is 1.11 bits per heavy atom. The number of barbiturate groups is 1. The number of carbonyl (C=O) groups is 3. The molecule has 0 radical (unpaired) electrons. The van der Waals surface area contributed by atoms with E-state index in [1.54, 1.807) is 0 Å². The van der Waals surface area contributed by atoms with E-state index in [-0.39, 0.29) is 5.91 Å². The van der Waals surface area contributed by atoms with Gasteiger partial charge in [0.2, 0.25) is 11.8 Å². The third-order valence-corrected chi connectivity index (χ3v) is 4.14. The van der Waals surface area contributed by atoms with Crippen LogP contribution >= 0.6 is 0 Å². The highest BCUT2D eigenvalue weighted by atomic mass is 16.2. The summed E-state index contributed by atoms with van der Waals surface area (Å²) in [5.74, 6) is -0.819. The molecule has 4 amide bonds. The first-order valence-electron chi connectivity index (χ1n) is 6.97. The number of imide groups is 2. The largest absolute Gasteiger partial charge is 0.331 e. The lowest BCUT2D eigenvalue weighted by molar-refractivity contribution is -0.155. The average Bonchev–Trinajstić information content (AvgIpc) is 2.29. The van der Waals surface area contributed by atoms with Gasteiger partial charge in [-0.3, -0.25) is 19.8 Å². The van der Waals surface area contributed by atoms with Crippen LogP contribution in [0, 0.1) is 5.41 Å². The highest BCUT2D eigenvalue weighted by molar-refractivity contribution is 6.19. The van der Waals surface area contributed by atoms with E-state index in [1.807, 2.05) is 34.6 Å². The van der Waals surface area contributed by atoms with E-state index in [0.717, 1.165) is 6.42 Å². The molecule has 0 aliphatic carbocycles. The number of carbonyl (C=O) groups excluding carboxylic acids is 3. The fraction of sp³-hybridized carbons (Fsp3) is 0.786. The molecule has 0 aromatic carbocycles. The van der Waals surface area contributed by atoms with E-state index in [4.69, 9.17) is 0 Å². The molecule has 5 nitrogen and oxygen atoms in total. The van der Waals surface area contributed by atoms with Gasteiger partial charge in [0.05, 0.1) is 0 Å². The van der Waals surface area contributed by atoms with Gasteiger partial charge in [-0.15, -0.1) is 0 Å². The summed E-state index contributed by atoms with van der Waals surface area (Å²) in [7, 11) is 0. The molecule has 0 saturated carbocycles. The van der Waals surface area contributed by atoms with Gasteiger partial charge in [0, 0.05) is 5.54 Å². The van der Waals surface area contributed by atoms with Gasteiger partial charge >= 0.3 is 6.03 Å². The maximum Gasteiger partial charge on any atom is 0.331 e. The second kappa shape index (κ2) is 5.31. The zero-order valence-electron chi connectivity index (χ0n) is 12.5. The Bertz CT molecular complexity index is 397. The minimum Gasteiger partial charge on any atom is -0.277 e. The highest BCUT2D eigenvalue weighted by Crippen LogP contribution is 2.36. The Balaban J connectivity index is 3.23. The van der Waals surface area contributed by atoms with E-state index >= 15 is 0 Å². The molecule has 1 N–H and O–H groups in total. The van der Waals surface area contributed by atoms with Gasteiger partial charge in [0.25, 0.3) is 0 Å². The Hall–Kier alpha value is -1.39. The van der Waals surface area contributed by atoms with E-state index < -0.39 is 22.9 Å². The molecular formula is C14H24N2O3. The molecule has 1 saturated heterocycles. The van der Waals surface area contributed by atoms with Crippen LogP contribution in [-0.2, 0) is 9.59 Å². The molecule has 1 aliphatic rings. The lowest BCUT2D eigenvalue weighted by Gasteiger charge is -2.45. The summed E-state index contributed by atoms with van der Waals surface area (Å²) >= 11 is 0. The number of rotatable bonds is 5. The second-order valence-corrected chi connectivity index (χ2v) is 5.75. The van der Waals surface area contributed by atoms with Gasteiger partial charge in [-0.1, -0.05) is 27.2 Å². The van der Waals surface area contributed by atoms with Crippen molar-refractivity contribution in [2.45, 2.75) is 65.8 Å². The summed E-state index contributed by atoms with van der Waals surface area (Å²) in [4.78, 5) is 38.0. The first kappa shape index (κ1) is 15.7. The minimum absolute atomic E-state index is 0.357. The van der Waals surface area contributed by atoms with Crippen LogP contribution in [0.1, 0.15) is 60.3 Å². The van der Waals surface area contributed by atoms with E-state index in [0.29, 0.717) is 19.3 Å². The molecule has 0 aromatic rings. The quantitative estimate of drug-likeness (QED) is 0.779. The topological polar surface area (TPSA) is 66.5 Å². The summed E-state index contributed by atoms with van der Waals surface area (Å²) in [6.45, 7) is 9.34. The summed E-state index contributed by atoms with van der Waals surface area (Å²) < 4.78 is 0. The van der Waals surface area contributed by atoms with E-state index in [2.05, 4.69) is 5.32 Å². The minimum atomic E-state index is -1.10. The van der Waals surface area contributed by atoms with E-state index in [9.17, 15) is 14.4 Å². The van der Waals surface area contributed by atoms with Crippen molar-refractivity contribution in [3.63, 3.8) is 0 Å². The zero-order chi connectivity index (χ0) is 14.8. The third-order valence-electron chi connectivity index (χ3n) is 4.14. The van der Waals surface area contributed by atoms with Crippen molar-refractivity contribution in [1.29, 1.82) is 0 Å². The monoisotopic (exact) mass is 268 g/mol. The molecule has 5 heteroatoms. The molecule has 0 spiro atoms. The standard InChI is InChI=1S/C14H24N2O3/c1-6-9-13(4,5)16-11(18)14(7-2,8-3)10(17)15-12(16)19/h6-9H2,1-5H3,(H,15,17,19). The van der Waals surface area contributed by atoms with Crippen molar-refractivity contribution >= 4 is 17.8 Å². The van der Waals surface area contributed by atoms with Crippen molar-refractivity contribution in [2.75, 3.05) is 0 Å². The van der Waals surface area contributed by atoms with Crippen molar-refractivity contribution in [3.8, 4) is 0 Å². The normalized spacial score (nSPS) is 19.6. The predicted octanol–water partition coefficient (Wildman–Crippen LogP) is 2.45. The molecule has 0 unspecified atom stereocenters. The Labute approximate surface area is 114 Å². The van der Waals surface area contributed by atoms with Gasteiger partial charge < -0.3 is 0 Å². The van der Waals surface area contributed by atoms with Crippen molar-refractivity contribution in [1.82, 2.24) is 10.2 Å². The summed E-state index contributed by atoms with van der Waals surface area (Å²) in [6, 6.07) is -0.592. The number of hydrogen-bond donors (Lipinski definition) is 1. The maximum absolute atomic E-state index is 12.7. The fourth-order valence-corrected chi connectivity index (χ4v) is 2.82. The van der Waals surface area contributed by atoms with Crippen molar-refractivity contribution in [3.05, 3.63) is 0 Å². The predicted molar refractivity (Wildman–Crippen MR) is 72.4 cm³/mol. The maximum atomic E-state index is 12.7. The number of nitrogens with zero attached hydrogens (tertiary/aromatic N) is 1. The highest BCUT2D eigenvalue weighted by Gasteiger charge is 2.54. The third kappa shape index (κ3) is 2.38. The number of urea groups is 1. The lowest BCUT2D eigenvalue weighted by atomic mass is 9.77. The van der Waals surface area contributed by atoms with Gasteiger partial charge in [-0.25, -0.2) is 4.79 Å².